The average molecular weight is 538 g/mol. The lowest BCUT2D eigenvalue weighted by atomic mass is 9.88. The number of nitrogens with two attached hydrogens (primary N) is 1. The Labute approximate surface area is 213 Å². The van der Waals surface area contributed by atoms with E-state index in [2.05, 4.69) is 22.7 Å². The Morgan fingerprint density at radius 2 is 2.00 bits per heavy atom. The number of amides is 2. The number of nitrogens with zero attached hydrogens (tertiary/aromatic N) is 2. The van der Waals surface area contributed by atoms with Crippen LogP contribution in [0.5, 0.6) is 0 Å². The van der Waals surface area contributed by atoms with Crippen molar-refractivity contribution >= 4 is 45.6 Å². The molecule has 12 heteroatoms. The van der Waals surface area contributed by atoms with Gasteiger partial charge >= 0.3 is 6.18 Å². The van der Waals surface area contributed by atoms with Crippen LogP contribution >= 0.6 is 22.9 Å². The Bertz CT molecular complexity index is 1340. The highest BCUT2D eigenvalue weighted by Gasteiger charge is 2.48. The zero-order valence-electron chi connectivity index (χ0n) is 19.2. The maximum Gasteiger partial charge on any atom is 0.410 e. The Kier molecular flexibility index (Phi) is 6.24. The highest BCUT2D eigenvalue weighted by molar-refractivity contribution is 7.17. The molecule has 36 heavy (non-hydrogen) atoms. The van der Waals surface area contributed by atoms with Crippen LogP contribution in [0.25, 0.3) is 0 Å². The Morgan fingerprint density at radius 3 is 2.67 bits per heavy atom. The van der Waals surface area contributed by atoms with Crippen LogP contribution in [0, 0.1) is 5.92 Å². The summed E-state index contributed by atoms with van der Waals surface area (Å²) in [4.78, 5) is 26.4. The second kappa shape index (κ2) is 9.11. The van der Waals surface area contributed by atoms with Crippen LogP contribution in [0.3, 0.4) is 0 Å². The van der Waals surface area contributed by atoms with Gasteiger partial charge in [-0.2, -0.15) is 18.3 Å². The summed E-state index contributed by atoms with van der Waals surface area (Å²) in [5.74, 6) is -1.14. The minimum absolute atomic E-state index is 0.0846. The molecule has 0 saturated heterocycles. The third kappa shape index (κ3) is 4.34. The van der Waals surface area contributed by atoms with Crippen LogP contribution in [0.15, 0.2) is 30.3 Å². The van der Waals surface area contributed by atoms with Gasteiger partial charge in [-0.05, 0) is 36.3 Å². The molecule has 190 valence electrons. The number of primary amides is 1. The van der Waals surface area contributed by atoms with Gasteiger partial charge in [-0.15, -0.1) is 11.3 Å². The maximum absolute atomic E-state index is 14.0. The first kappa shape index (κ1) is 24.6. The quantitative estimate of drug-likeness (QED) is 0.395. The molecule has 2 amide bonds. The first-order chi connectivity index (χ1) is 17.0. The topological polar surface area (TPSA) is 102 Å². The third-order valence-corrected chi connectivity index (χ3v) is 8.23. The number of hydrogen-bond donors (Lipinski definition) is 3. The van der Waals surface area contributed by atoms with Crippen LogP contribution in [0.2, 0.25) is 5.02 Å². The molecule has 0 unspecified atom stereocenters. The van der Waals surface area contributed by atoms with E-state index < -0.39 is 30.1 Å². The largest absolute Gasteiger partial charge is 0.410 e. The van der Waals surface area contributed by atoms with Gasteiger partial charge < -0.3 is 16.4 Å². The van der Waals surface area contributed by atoms with Crippen molar-refractivity contribution in [1.82, 2.24) is 9.78 Å². The molecule has 0 bridgehead atoms. The van der Waals surface area contributed by atoms with E-state index in [4.69, 9.17) is 17.3 Å². The number of thiophene rings is 1. The number of halogens is 4. The first-order valence-electron chi connectivity index (χ1n) is 11.5. The number of rotatable bonds is 4. The summed E-state index contributed by atoms with van der Waals surface area (Å²) >= 11 is 7.69. The van der Waals surface area contributed by atoms with Crippen molar-refractivity contribution in [1.29, 1.82) is 0 Å². The van der Waals surface area contributed by atoms with E-state index in [1.54, 1.807) is 30.3 Å². The van der Waals surface area contributed by atoms with Crippen molar-refractivity contribution in [3.05, 3.63) is 62.6 Å². The highest BCUT2D eigenvalue weighted by Crippen LogP contribution is 2.46. The third-order valence-electron chi connectivity index (χ3n) is 6.70. The summed E-state index contributed by atoms with van der Waals surface area (Å²) in [6.45, 7) is 2.10. The standard InChI is InChI=1S/C24H23ClF3N5O2S/c1-11-7-8-13-15(9-11)36-23(17(13)20(29)34)31-22(35)19-18(25)21-30-14(12-5-3-2-4-6-12)10-16(24(26,27)28)33(21)32-19/h2-6,11,14,16,30H,7-10H2,1H3,(H2,29,34)(H,31,35)/t11-,14+,16-/m1/s1. The molecule has 1 aromatic carbocycles. The Morgan fingerprint density at radius 1 is 1.28 bits per heavy atom. The van der Waals surface area contributed by atoms with Crippen LogP contribution in [0.4, 0.5) is 24.0 Å². The number of fused-ring (bicyclic) bond motifs is 2. The molecule has 0 saturated carbocycles. The molecular weight excluding hydrogens is 515 g/mol. The Balaban J connectivity index is 1.50. The molecule has 4 N–H and O–H groups in total. The zero-order valence-corrected chi connectivity index (χ0v) is 20.7. The second-order valence-corrected chi connectivity index (χ2v) is 10.7. The number of carbonyl (C=O) groups excluding carboxylic acids is 2. The summed E-state index contributed by atoms with van der Waals surface area (Å²) in [6, 6.07) is 6.05. The molecule has 2 aliphatic rings. The minimum atomic E-state index is -4.62. The number of benzene rings is 1. The molecule has 3 aromatic rings. The van der Waals surface area contributed by atoms with Crippen molar-refractivity contribution in [2.45, 2.75) is 50.9 Å². The fraction of sp³-hybridized carbons (Fsp3) is 0.375. The van der Waals surface area contributed by atoms with Gasteiger partial charge in [0.2, 0.25) is 0 Å². The highest BCUT2D eigenvalue weighted by atomic mass is 35.5. The molecule has 3 heterocycles. The van der Waals surface area contributed by atoms with Crippen molar-refractivity contribution in [3.8, 4) is 0 Å². The molecule has 1 aliphatic heterocycles. The number of nitrogens with one attached hydrogen (secondary N) is 2. The van der Waals surface area contributed by atoms with E-state index in [9.17, 15) is 22.8 Å². The van der Waals surface area contributed by atoms with E-state index in [0.29, 0.717) is 17.9 Å². The lowest BCUT2D eigenvalue weighted by Gasteiger charge is -2.33. The van der Waals surface area contributed by atoms with Gasteiger partial charge in [0.05, 0.1) is 11.6 Å². The molecule has 5 rings (SSSR count). The summed E-state index contributed by atoms with van der Waals surface area (Å²) in [7, 11) is 0. The van der Waals surface area contributed by atoms with Crippen molar-refractivity contribution in [2.24, 2.45) is 11.7 Å². The summed E-state index contributed by atoms with van der Waals surface area (Å²) in [5, 5.41) is 9.66. The Hall–Kier alpha value is -3.05. The number of hydrogen-bond acceptors (Lipinski definition) is 5. The molecule has 2 aromatic heterocycles. The fourth-order valence-electron chi connectivity index (χ4n) is 4.90. The van der Waals surface area contributed by atoms with Crippen LogP contribution in [-0.4, -0.2) is 27.8 Å². The van der Waals surface area contributed by atoms with E-state index in [1.807, 2.05) is 0 Å². The number of anilines is 2. The van der Waals surface area contributed by atoms with E-state index in [1.165, 1.54) is 11.3 Å². The van der Waals surface area contributed by atoms with Gasteiger partial charge in [-0.3, -0.25) is 9.59 Å². The van der Waals surface area contributed by atoms with Gasteiger partial charge in [-0.25, -0.2) is 4.68 Å². The molecule has 3 atom stereocenters. The lowest BCUT2D eigenvalue weighted by Crippen LogP contribution is -2.35. The monoisotopic (exact) mass is 537 g/mol. The summed E-state index contributed by atoms with van der Waals surface area (Å²) < 4.78 is 42.8. The van der Waals surface area contributed by atoms with Crippen LogP contribution in [0.1, 0.15) is 68.7 Å². The number of aromatic nitrogens is 2. The van der Waals surface area contributed by atoms with Crippen LogP contribution in [-0.2, 0) is 12.8 Å². The van der Waals surface area contributed by atoms with Gasteiger partial charge in [-0.1, -0.05) is 48.9 Å². The lowest BCUT2D eigenvalue weighted by molar-refractivity contribution is -0.173. The minimum Gasteiger partial charge on any atom is -0.365 e. The van der Waals surface area contributed by atoms with Gasteiger partial charge in [0.15, 0.2) is 11.7 Å². The number of carbonyl (C=O) groups is 2. The molecule has 7 nitrogen and oxygen atoms in total. The van der Waals surface area contributed by atoms with E-state index in [0.717, 1.165) is 28.0 Å². The number of alkyl halides is 3. The normalized spacial score (nSPS) is 21.3. The predicted octanol–water partition coefficient (Wildman–Crippen LogP) is 5.73. The average Bonchev–Trinajstić information content (AvgIpc) is 3.35. The maximum atomic E-state index is 14.0. The summed E-state index contributed by atoms with van der Waals surface area (Å²) in [5.41, 5.74) is 6.97. The second-order valence-electron chi connectivity index (χ2n) is 9.23. The molecule has 1 aliphatic carbocycles. The summed E-state index contributed by atoms with van der Waals surface area (Å²) in [6.07, 6.45) is -2.62. The van der Waals surface area contributed by atoms with Gasteiger partial charge in [0, 0.05) is 11.3 Å². The SMILES string of the molecule is C[C@@H]1CCc2c(sc(NC(=O)c3nn4c(c3Cl)N[C@H](c3ccccc3)C[C@@H]4C(F)(F)F)c2C(N)=O)C1. The van der Waals surface area contributed by atoms with Gasteiger partial charge in [0.25, 0.3) is 11.8 Å². The molecule has 0 fully saturated rings. The predicted molar refractivity (Wildman–Crippen MR) is 132 cm³/mol. The van der Waals surface area contributed by atoms with Crippen LogP contribution < -0.4 is 16.4 Å². The van der Waals surface area contributed by atoms with E-state index >= 15 is 0 Å². The molecule has 0 radical (unpaired) electrons. The first-order valence-corrected chi connectivity index (χ1v) is 12.7. The van der Waals surface area contributed by atoms with E-state index in [-0.39, 0.29) is 33.5 Å². The van der Waals surface area contributed by atoms with Crippen molar-refractivity contribution in [2.75, 3.05) is 10.6 Å². The fourth-order valence-corrected chi connectivity index (χ4v) is 6.58. The molecular formula is C24H23ClF3N5O2S. The smallest absolute Gasteiger partial charge is 0.365 e. The van der Waals surface area contributed by atoms with Crippen molar-refractivity contribution < 1.29 is 22.8 Å². The zero-order chi connectivity index (χ0) is 25.8. The molecule has 0 spiro atoms. The van der Waals surface area contributed by atoms with Crippen molar-refractivity contribution in [3.63, 3.8) is 0 Å². The van der Waals surface area contributed by atoms with Gasteiger partial charge in [0.1, 0.15) is 15.8 Å².